The van der Waals surface area contributed by atoms with Crippen molar-refractivity contribution >= 4 is 22.5 Å². The van der Waals surface area contributed by atoms with Gasteiger partial charge in [-0.25, -0.2) is 0 Å². The third-order valence-electron chi connectivity index (χ3n) is 0.892. The van der Waals surface area contributed by atoms with E-state index < -0.39 is 5.37 Å². The van der Waals surface area contributed by atoms with Gasteiger partial charge in [-0.15, -0.1) is 11.7 Å². The van der Waals surface area contributed by atoms with Crippen molar-refractivity contribution in [2.45, 2.75) is 25.1 Å². The Kier molecular flexibility index (Phi) is 4.99. The first-order valence-electron chi connectivity index (χ1n) is 2.66. The second-order valence-electron chi connectivity index (χ2n) is 1.63. The van der Waals surface area contributed by atoms with E-state index in [0.717, 1.165) is 17.2 Å². The van der Waals surface area contributed by atoms with Crippen LogP contribution in [0.3, 0.4) is 0 Å². The summed E-state index contributed by atoms with van der Waals surface area (Å²) in [4.78, 5) is 9.75. The van der Waals surface area contributed by atoms with Crippen molar-refractivity contribution in [2.24, 2.45) is 0 Å². The highest BCUT2D eigenvalue weighted by atomic mass is 33.1. The molecular formula is C4H9NO2S2. The van der Waals surface area contributed by atoms with Crippen LogP contribution in [0.1, 0.15) is 19.8 Å². The Morgan fingerprint density at radius 3 is 2.56 bits per heavy atom. The van der Waals surface area contributed by atoms with Gasteiger partial charge in [-0.1, -0.05) is 6.92 Å². The van der Waals surface area contributed by atoms with Gasteiger partial charge >= 0.3 is 0 Å². The van der Waals surface area contributed by atoms with Gasteiger partial charge in [0.2, 0.25) is 0 Å². The number of rotatable bonds is 4. The lowest BCUT2D eigenvalue weighted by Gasteiger charge is -2.01. The van der Waals surface area contributed by atoms with E-state index in [1.54, 1.807) is 0 Å². The molecule has 0 N–H and O–H groups in total. The third kappa shape index (κ3) is 3.64. The fourth-order valence-corrected chi connectivity index (χ4v) is 1.41. The summed E-state index contributed by atoms with van der Waals surface area (Å²) >= 11 is 3.76. The highest BCUT2D eigenvalue weighted by molar-refractivity contribution is 8.68. The van der Waals surface area contributed by atoms with Gasteiger partial charge in [0.1, 0.15) is 0 Å². The minimum Gasteiger partial charge on any atom is -0.263 e. The Morgan fingerprint density at radius 1 is 1.89 bits per heavy atom. The number of hydrogen-bond acceptors (Lipinski definition) is 4. The highest BCUT2D eigenvalue weighted by Gasteiger charge is 2.16. The molecule has 9 heavy (non-hydrogen) atoms. The molecule has 54 valence electrons. The molecule has 0 aliphatic carbocycles. The summed E-state index contributed by atoms with van der Waals surface area (Å²) in [6.07, 6.45) is 1.43. The number of nitrogens with zero attached hydrogens (tertiary/aromatic N) is 1. The lowest BCUT2D eigenvalue weighted by atomic mass is 10.3. The van der Waals surface area contributed by atoms with Gasteiger partial charge in [-0.2, -0.15) is 0 Å². The molecule has 0 heterocycles. The summed E-state index contributed by atoms with van der Waals surface area (Å²) < 4.78 is 0. The van der Waals surface area contributed by atoms with Gasteiger partial charge in [-0.05, 0) is 17.2 Å². The summed E-state index contributed by atoms with van der Waals surface area (Å²) in [6, 6.07) is 0. The van der Waals surface area contributed by atoms with Crippen molar-refractivity contribution < 1.29 is 4.92 Å². The molecule has 0 amide bonds. The molecule has 0 radical (unpaired) electrons. The second-order valence-corrected chi connectivity index (χ2v) is 3.02. The first kappa shape index (κ1) is 9.10. The Balaban J connectivity index is 3.54. The monoisotopic (exact) mass is 167 g/mol. The van der Waals surface area contributed by atoms with E-state index in [9.17, 15) is 10.1 Å². The van der Waals surface area contributed by atoms with Crippen LogP contribution >= 0.6 is 22.5 Å². The SMILES string of the molecule is CCCC(SS)[N+](=O)[O-]. The van der Waals surface area contributed by atoms with Crippen LogP contribution in [0.5, 0.6) is 0 Å². The molecule has 0 rings (SSSR count). The fourth-order valence-electron chi connectivity index (χ4n) is 0.444. The van der Waals surface area contributed by atoms with Crippen LogP contribution in [0, 0.1) is 10.1 Å². The Morgan fingerprint density at radius 2 is 2.44 bits per heavy atom. The summed E-state index contributed by atoms with van der Waals surface area (Å²) in [5.74, 6) is 0. The molecule has 5 heteroatoms. The normalized spacial score (nSPS) is 13.1. The predicted molar refractivity (Wildman–Crippen MR) is 42.3 cm³/mol. The fraction of sp³-hybridized carbons (Fsp3) is 1.00. The van der Waals surface area contributed by atoms with Crippen LogP contribution < -0.4 is 0 Å². The van der Waals surface area contributed by atoms with Crippen molar-refractivity contribution in [3.05, 3.63) is 10.1 Å². The van der Waals surface area contributed by atoms with Crippen molar-refractivity contribution in [3.8, 4) is 0 Å². The van der Waals surface area contributed by atoms with Crippen LogP contribution in [0.4, 0.5) is 0 Å². The predicted octanol–water partition coefficient (Wildman–Crippen LogP) is 1.97. The summed E-state index contributed by atoms with van der Waals surface area (Å²) in [7, 11) is 0.998. The van der Waals surface area contributed by atoms with E-state index in [2.05, 4.69) is 11.7 Å². The minimum atomic E-state index is -0.529. The molecule has 0 aliphatic rings. The molecule has 0 saturated heterocycles. The van der Waals surface area contributed by atoms with Crippen molar-refractivity contribution in [3.63, 3.8) is 0 Å². The maximum atomic E-state index is 10.1. The van der Waals surface area contributed by atoms with E-state index in [1.807, 2.05) is 6.92 Å². The minimum absolute atomic E-state index is 0.304. The zero-order valence-corrected chi connectivity index (χ0v) is 6.82. The maximum absolute atomic E-state index is 10.1. The third-order valence-corrected chi connectivity index (χ3v) is 2.27. The molecule has 0 aromatic carbocycles. The second kappa shape index (κ2) is 4.93. The van der Waals surface area contributed by atoms with Crippen LogP contribution in [0.25, 0.3) is 0 Å². The zero-order chi connectivity index (χ0) is 7.28. The summed E-state index contributed by atoms with van der Waals surface area (Å²) in [5.41, 5.74) is 0. The van der Waals surface area contributed by atoms with Gasteiger partial charge in [-0.3, -0.25) is 10.1 Å². The molecule has 0 saturated carbocycles. The number of thiol groups is 1. The molecule has 3 nitrogen and oxygen atoms in total. The Labute approximate surface area is 63.2 Å². The van der Waals surface area contributed by atoms with Crippen molar-refractivity contribution in [1.29, 1.82) is 0 Å². The van der Waals surface area contributed by atoms with Gasteiger partial charge in [0.15, 0.2) is 0 Å². The summed E-state index contributed by atoms with van der Waals surface area (Å²) in [6.45, 7) is 1.92. The Bertz CT molecular complexity index is 98.6. The molecule has 1 unspecified atom stereocenters. The van der Waals surface area contributed by atoms with Crippen LogP contribution in [-0.2, 0) is 0 Å². The average Bonchev–Trinajstić information content (AvgIpc) is 1.82. The van der Waals surface area contributed by atoms with E-state index in [1.165, 1.54) is 0 Å². The van der Waals surface area contributed by atoms with Gasteiger partial charge in [0.05, 0.1) is 0 Å². The molecule has 0 aromatic rings. The quantitative estimate of drug-likeness (QED) is 0.229. The highest BCUT2D eigenvalue weighted by Crippen LogP contribution is 2.19. The van der Waals surface area contributed by atoms with E-state index in [-0.39, 0.29) is 4.92 Å². The smallest absolute Gasteiger partial charge is 0.263 e. The van der Waals surface area contributed by atoms with Gasteiger partial charge in [0.25, 0.3) is 5.37 Å². The zero-order valence-electron chi connectivity index (χ0n) is 5.11. The van der Waals surface area contributed by atoms with E-state index in [0.29, 0.717) is 6.42 Å². The van der Waals surface area contributed by atoms with Crippen molar-refractivity contribution in [1.82, 2.24) is 0 Å². The molecular weight excluding hydrogens is 158 g/mol. The molecule has 0 aliphatic heterocycles. The Hall–Kier alpha value is 0.1000. The lowest BCUT2D eigenvalue weighted by Crippen LogP contribution is -2.12. The number of hydrogen-bond donors (Lipinski definition) is 1. The summed E-state index contributed by atoms with van der Waals surface area (Å²) in [5, 5.41) is 9.53. The van der Waals surface area contributed by atoms with Crippen LogP contribution in [-0.4, -0.2) is 10.3 Å². The standard InChI is InChI=1S/C4H9NO2S2/c1-2-3-4(9-8)5(6)7/h4,8H,2-3H2,1H3. The number of nitro groups is 1. The van der Waals surface area contributed by atoms with E-state index >= 15 is 0 Å². The topological polar surface area (TPSA) is 43.1 Å². The molecule has 0 spiro atoms. The largest absolute Gasteiger partial charge is 0.267 e. The first-order valence-corrected chi connectivity index (χ1v) is 4.59. The lowest BCUT2D eigenvalue weighted by molar-refractivity contribution is -0.495. The van der Waals surface area contributed by atoms with Crippen LogP contribution in [0.2, 0.25) is 0 Å². The molecule has 0 fully saturated rings. The van der Waals surface area contributed by atoms with E-state index in [4.69, 9.17) is 0 Å². The molecule has 1 atom stereocenters. The van der Waals surface area contributed by atoms with Gasteiger partial charge < -0.3 is 0 Å². The first-order chi connectivity index (χ1) is 4.22. The maximum Gasteiger partial charge on any atom is 0.267 e. The van der Waals surface area contributed by atoms with Gasteiger partial charge in [0, 0.05) is 11.3 Å². The average molecular weight is 167 g/mol. The van der Waals surface area contributed by atoms with Crippen LogP contribution in [0.15, 0.2) is 0 Å². The van der Waals surface area contributed by atoms with Crippen molar-refractivity contribution in [2.75, 3.05) is 0 Å². The molecule has 0 bridgehead atoms. The molecule has 0 aromatic heterocycles.